The normalized spacial score (nSPS) is 20.8. The Labute approximate surface area is 118 Å². The standard InChI is InChI=1S/C14H13F5N2/c15-13(16)5-7-21(8-6-13)12(9-20)10-1-3-11(4-2-10)14(17,18)19/h1-4,12H,5-8H2. The first-order valence-electron chi connectivity index (χ1n) is 6.41. The van der Waals surface area contributed by atoms with Crippen LogP contribution < -0.4 is 0 Å². The molecule has 0 amide bonds. The number of benzene rings is 1. The summed E-state index contributed by atoms with van der Waals surface area (Å²) in [5, 5.41) is 9.19. The molecule has 0 aromatic heterocycles. The van der Waals surface area contributed by atoms with Gasteiger partial charge in [-0.25, -0.2) is 8.78 Å². The maximum absolute atomic E-state index is 13.1. The predicted molar refractivity (Wildman–Crippen MR) is 65.6 cm³/mol. The molecule has 1 aliphatic rings. The van der Waals surface area contributed by atoms with Gasteiger partial charge >= 0.3 is 6.18 Å². The molecule has 0 bridgehead atoms. The van der Waals surface area contributed by atoms with Gasteiger partial charge in [-0.2, -0.15) is 18.4 Å². The maximum Gasteiger partial charge on any atom is 0.416 e. The van der Waals surface area contributed by atoms with Gasteiger partial charge in [0.15, 0.2) is 0 Å². The van der Waals surface area contributed by atoms with Crippen molar-refractivity contribution in [2.24, 2.45) is 0 Å². The molecule has 2 rings (SSSR count). The van der Waals surface area contributed by atoms with Crippen molar-refractivity contribution in [2.75, 3.05) is 13.1 Å². The molecule has 0 saturated carbocycles. The summed E-state index contributed by atoms with van der Waals surface area (Å²) in [6, 6.07) is 5.42. The third kappa shape index (κ3) is 3.70. The molecule has 0 N–H and O–H groups in total. The molecule has 1 fully saturated rings. The minimum Gasteiger partial charge on any atom is -0.284 e. The first kappa shape index (κ1) is 15.7. The topological polar surface area (TPSA) is 27.0 Å². The predicted octanol–water partition coefficient (Wildman–Crippen LogP) is 4.00. The minimum atomic E-state index is -4.44. The highest BCUT2D eigenvalue weighted by Gasteiger charge is 2.37. The van der Waals surface area contributed by atoms with E-state index in [2.05, 4.69) is 0 Å². The number of hydrogen-bond donors (Lipinski definition) is 0. The summed E-state index contributed by atoms with van der Waals surface area (Å²) in [5.41, 5.74) is -0.413. The highest BCUT2D eigenvalue weighted by Crippen LogP contribution is 2.34. The van der Waals surface area contributed by atoms with Gasteiger partial charge in [0.2, 0.25) is 0 Å². The second kappa shape index (κ2) is 5.60. The smallest absolute Gasteiger partial charge is 0.284 e. The molecular weight excluding hydrogens is 291 g/mol. The first-order chi connectivity index (χ1) is 9.73. The van der Waals surface area contributed by atoms with Crippen molar-refractivity contribution in [1.29, 1.82) is 5.26 Å². The SMILES string of the molecule is N#CC(c1ccc(C(F)(F)F)cc1)N1CCC(F)(F)CC1. The molecule has 2 nitrogen and oxygen atoms in total. The molecule has 7 heteroatoms. The van der Waals surface area contributed by atoms with E-state index in [0.717, 1.165) is 12.1 Å². The summed E-state index contributed by atoms with van der Waals surface area (Å²) in [4.78, 5) is 1.57. The Bertz CT molecular complexity index is 520. The Balaban J connectivity index is 2.14. The Morgan fingerprint density at radius 1 is 1.10 bits per heavy atom. The van der Waals surface area contributed by atoms with Crippen molar-refractivity contribution in [3.05, 3.63) is 35.4 Å². The van der Waals surface area contributed by atoms with Gasteiger partial charge < -0.3 is 0 Å². The van der Waals surface area contributed by atoms with E-state index in [1.807, 2.05) is 6.07 Å². The fraction of sp³-hybridized carbons (Fsp3) is 0.500. The van der Waals surface area contributed by atoms with E-state index in [9.17, 15) is 27.2 Å². The van der Waals surface area contributed by atoms with Gasteiger partial charge in [-0.1, -0.05) is 12.1 Å². The molecule has 114 valence electrons. The third-order valence-corrected chi connectivity index (χ3v) is 3.57. The van der Waals surface area contributed by atoms with Crippen LogP contribution in [0.2, 0.25) is 0 Å². The lowest BCUT2D eigenvalue weighted by molar-refractivity contribution is -0.137. The summed E-state index contributed by atoms with van der Waals surface area (Å²) >= 11 is 0. The van der Waals surface area contributed by atoms with Crippen LogP contribution in [0.4, 0.5) is 22.0 Å². The van der Waals surface area contributed by atoms with Gasteiger partial charge in [-0.3, -0.25) is 4.90 Å². The molecule has 1 aliphatic heterocycles. The molecule has 1 heterocycles. The number of piperidine rings is 1. The molecule has 1 aromatic carbocycles. The fourth-order valence-electron chi connectivity index (χ4n) is 2.33. The lowest BCUT2D eigenvalue weighted by Crippen LogP contribution is -2.41. The number of nitrogens with zero attached hydrogens (tertiary/aromatic N) is 2. The molecule has 21 heavy (non-hydrogen) atoms. The summed E-state index contributed by atoms with van der Waals surface area (Å²) in [7, 11) is 0. The third-order valence-electron chi connectivity index (χ3n) is 3.57. The van der Waals surface area contributed by atoms with E-state index in [-0.39, 0.29) is 25.9 Å². The quantitative estimate of drug-likeness (QED) is 0.772. The highest BCUT2D eigenvalue weighted by molar-refractivity contribution is 5.29. The molecule has 1 aromatic rings. The summed E-state index contributed by atoms with van der Waals surface area (Å²) in [6.07, 6.45) is -5.12. The number of alkyl halides is 5. The number of rotatable bonds is 2. The van der Waals surface area contributed by atoms with E-state index in [1.54, 1.807) is 4.90 Å². The minimum absolute atomic E-state index is 0.0479. The van der Waals surface area contributed by atoms with Gasteiger partial charge in [-0.05, 0) is 17.7 Å². The molecule has 0 radical (unpaired) electrons. The van der Waals surface area contributed by atoms with Crippen LogP contribution in [0.15, 0.2) is 24.3 Å². The van der Waals surface area contributed by atoms with Crippen LogP contribution in [0, 0.1) is 11.3 Å². The van der Waals surface area contributed by atoms with Crippen LogP contribution in [0.5, 0.6) is 0 Å². The van der Waals surface area contributed by atoms with Crippen molar-refractivity contribution in [3.63, 3.8) is 0 Å². The second-order valence-electron chi connectivity index (χ2n) is 5.04. The maximum atomic E-state index is 13.1. The monoisotopic (exact) mass is 304 g/mol. The van der Waals surface area contributed by atoms with Gasteiger partial charge in [0.1, 0.15) is 6.04 Å². The van der Waals surface area contributed by atoms with Gasteiger partial charge in [0.05, 0.1) is 11.6 Å². The summed E-state index contributed by atoms with van der Waals surface area (Å²) in [5.74, 6) is -2.73. The Hall–Kier alpha value is -1.68. The molecule has 1 atom stereocenters. The van der Waals surface area contributed by atoms with E-state index < -0.39 is 23.7 Å². The zero-order valence-electron chi connectivity index (χ0n) is 11.0. The van der Waals surface area contributed by atoms with Gasteiger partial charge in [0.25, 0.3) is 5.92 Å². The van der Waals surface area contributed by atoms with Crippen LogP contribution in [0.1, 0.15) is 30.0 Å². The van der Waals surface area contributed by atoms with Crippen molar-refractivity contribution in [2.45, 2.75) is 31.0 Å². The molecule has 1 unspecified atom stereocenters. The average Bonchev–Trinajstić information content (AvgIpc) is 2.41. The number of hydrogen-bond acceptors (Lipinski definition) is 2. The second-order valence-corrected chi connectivity index (χ2v) is 5.04. The van der Waals surface area contributed by atoms with E-state index in [1.165, 1.54) is 12.1 Å². The van der Waals surface area contributed by atoms with Crippen LogP contribution in [-0.4, -0.2) is 23.9 Å². The Morgan fingerprint density at radius 3 is 2.05 bits per heavy atom. The molecular formula is C14H13F5N2. The number of nitriles is 1. The first-order valence-corrected chi connectivity index (χ1v) is 6.41. The summed E-state index contributed by atoms with van der Waals surface area (Å²) < 4.78 is 63.6. The zero-order chi connectivity index (χ0) is 15.7. The van der Waals surface area contributed by atoms with Crippen molar-refractivity contribution >= 4 is 0 Å². The van der Waals surface area contributed by atoms with Crippen molar-refractivity contribution in [3.8, 4) is 6.07 Å². The van der Waals surface area contributed by atoms with E-state index >= 15 is 0 Å². The molecule has 0 aliphatic carbocycles. The largest absolute Gasteiger partial charge is 0.416 e. The van der Waals surface area contributed by atoms with Gasteiger partial charge in [0, 0.05) is 25.9 Å². The Kier molecular flexibility index (Phi) is 4.19. The average molecular weight is 304 g/mol. The van der Waals surface area contributed by atoms with Crippen LogP contribution >= 0.6 is 0 Å². The lowest BCUT2D eigenvalue weighted by Gasteiger charge is -2.34. The lowest BCUT2D eigenvalue weighted by atomic mass is 10.00. The number of halogens is 5. The van der Waals surface area contributed by atoms with Crippen molar-refractivity contribution < 1.29 is 22.0 Å². The summed E-state index contributed by atoms with van der Waals surface area (Å²) in [6.45, 7) is 0.0957. The zero-order valence-corrected chi connectivity index (χ0v) is 11.0. The molecule has 1 saturated heterocycles. The van der Waals surface area contributed by atoms with Crippen LogP contribution in [0.25, 0.3) is 0 Å². The van der Waals surface area contributed by atoms with Crippen LogP contribution in [0.3, 0.4) is 0 Å². The van der Waals surface area contributed by atoms with E-state index in [0.29, 0.717) is 5.56 Å². The van der Waals surface area contributed by atoms with Gasteiger partial charge in [-0.15, -0.1) is 0 Å². The highest BCUT2D eigenvalue weighted by atomic mass is 19.4. The number of likely N-dealkylation sites (tertiary alicyclic amines) is 1. The van der Waals surface area contributed by atoms with Crippen LogP contribution in [-0.2, 0) is 6.18 Å². The molecule has 0 spiro atoms. The van der Waals surface area contributed by atoms with E-state index in [4.69, 9.17) is 0 Å². The Morgan fingerprint density at radius 2 is 1.62 bits per heavy atom. The van der Waals surface area contributed by atoms with Crippen molar-refractivity contribution in [1.82, 2.24) is 4.90 Å². The fourth-order valence-corrected chi connectivity index (χ4v) is 2.33.